The number of sulfonamides is 1. The predicted octanol–water partition coefficient (Wildman–Crippen LogP) is 3.42. The molecule has 21 heavy (non-hydrogen) atoms. The quantitative estimate of drug-likeness (QED) is 0.806. The van der Waals surface area contributed by atoms with Crippen molar-refractivity contribution in [3.05, 3.63) is 52.0 Å². The lowest BCUT2D eigenvalue weighted by Gasteiger charge is -2.12. The molecule has 0 unspecified atom stereocenters. The lowest BCUT2D eigenvalue weighted by atomic mass is 10.2. The van der Waals surface area contributed by atoms with Gasteiger partial charge in [-0.05, 0) is 52.7 Å². The fraction of sp³-hybridized carbons (Fsp3) is 0.0769. The van der Waals surface area contributed by atoms with E-state index in [1.807, 2.05) is 4.72 Å². The van der Waals surface area contributed by atoms with Crippen molar-refractivity contribution in [2.24, 2.45) is 0 Å². The molecule has 0 bridgehead atoms. The lowest BCUT2D eigenvalue weighted by molar-refractivity contribution is 0.511. The van der Waals surface area contributed by atoms with Crippen LogP contribution in [0.5, 0.6) is 0 Å². The summed E-state index contributed by atoms with van der Waals surface area (Å²) in [5, 5.41) is 0. The molecular weight excluding hydrogens is 366 g/mol. The maximum atomic E-state index is 13.6. The summed E-state index contributed by atoms with van der Waals surface area (Å²) in [7, 11) is -4.08. The first kappa shape index (κ1) is 15.7. The Balaban J connectivity index is 2.48. The van der Waals surface area contributed by atoms with Gasteiger partial charge in [0.2, 0.25) is 0 Å². The second kappa shape index (κ2) is 5.61. The average molecular weight is 377 g/mol. The number of benzene rings is 2. The summed E-state index contributed by atoms with van der Waals surface area (Å²) < 4.78 is 53.8. The van der Waals surface area contributed by atoms with Gasteiger partial charge in [0.05, 0.1) is 10.6 Å². The van der Waals surface area contributed by atoms with Gasteiger partial charge in [-0.2, -0.15) is 0 Å². The van der Waals surface area contributed by atoms with Crippen molar-refractivity contribution < 1.29 is 17.2 Å². The largest absolute Gasteiger partial charge is 0.398 e. The molecule has 0 saturated carbocycles. The van der Waals surface area contributed by atoms with Crippen molar-refractivity contribution in [3.8, 4) is 0 Å². The van der Waals surface area contributed by atoms with Gasteiger partial charge in [0, 0.05) is 10.2 Å². The highest BCUT2D eigenvalue weighted by Gasteiger charge is 2.21. The molecule has 3 N–H and O–H groups in total. The van der Waals surface area contributed by atoms with Crippen LogP contribution in [0.1, 0.15) is 5.56 Å². The van der Waals surface area contributed by atoms with E-state index in [0.717, 1.165) is 12.1 Å². The van der Waals surface area contributed by atoms with Crippen LogP contribution in [0, 0.1) is 18.6 Å². The smallest absolute Gasteiger partial charge is 0.262 e. The van der Waals surface area contributed by atoms with Gasteiger partial charge in [0.25, 0.3) is 10.0 Å². The zero-order chi connectivity index (χ0) is 15.8. The van der Waals surface area contributed by atoms with Crippen LogP contribution in [-0.4, -0.2) is 8.42 Å². The van der Waals surface area contributed by atoms with Gasteiger partial charge in [-0.25, -0.2) is 17.2 Å². The minimum Gasteiger partial charge on any atom is -0.398 e. The van der Waals surface area contributed by atoms with Crippen LogP contribution >= 0.6 is 15.9 Å². The van der Waals surface area contributed by atoms with Crippen LogP contribution < -0.4 is 10.5 Å². The minimum atomic E-state index is -4.08. The Morgan fingerprint density at radius 1 is 1.24 bits per heavy atom. The fourth-order valence-electron chi connectivity index (χ4n) is 1.74. The zero-order valence-electron chi connectivity index (χ0n) is 10.8. The van der Waals surface area contributed by atoms with Gasteiger partial charge in [-0.15, -0.1) is 0 Å². The third kappa shape index (κ3) is 3.16. The molecular formula is C13H11BrF2N2O2S. The first-order valence-electron chi connectivity index (χ1n) is 5.75. The van der Waals surface area contributed by atoms with Crippen LogP contribution in [0.15, 0.2) is 39.7 Å². The molecule has 112 valence electrons. The third-order valence-electron chi connectivity index (χ3n) is 2.78. The molecule has 0 aliphatic carbocycles. The molecule has 2 aromatic rings. The molecule has 0 aliphatic rings. The minimum absolute atomic E-state index is 0.105. The van der Waals surface area contributed by atoms with Gasteiger partial charge in [-0.3, -0.25) is 4.72 Å². The number of nitrogens with one attached hydrogen (secondary N) is 1. The number of hydrogen-bond donors (Lipinski definition) is 2. The van der Waals surface area contributed by atoms with E-state index in [2.05, 4.69) is 15.9 Å². The van der Waals surface area contributed by atoms with Crippen LogP contribution in [0.2, 0.25) is 0 Å². The molecule has 0 aromatic heterocycles. The van der Waals surface area contributed by atoms with E-state index in [-0.39, 0.29) is 10.6 Å². The summed E-state index contributed by atoms with van der Waals surface area (Å²) in [5.74, 6) is -2.40. The summed E-state index contributed by atoms with van der Waals surface area (Å²) in [4.78, 5) is -0.105. The summed E-state index contributed by atoms with van der Waals surface area (Å²) in [6.45, 7) is 1.57. The Bertz CT molecular complexity index is 810. The first-order valence-corrected chi connectivity index (χ1v) is 8.02. The van der Waals surface area contributed by atoms with Gasteiger partial charge in [0.15, 0.2) is 11.6 Å². The molecule has 4 nitrogen and oxygen atoms in total. The Morgan fingerprint density at radius 3 is 2.57 bits per heavy atom. The lowest BCUT2D eigenvalue weighted by Crippen LogP contribution is -2.16. The number of hydrogen-bond acceptors (Lipinski definition) is 3. The molecule has 0 saturated heterocycles. The normalized spacial score (nSPS) is 11.4. The Kier molecular flexibility index (Phi) is 4.20. The topological polar surface area (TPSA) is 72.2 Å². The van der Waals surface area contributed by atoms with E-state index in [9.17, 15) is 17.2 Å². The summed E-state index contributed by atoms with van der Waals surface area (Å²) in [6.07, 6.45) is 0. The molecule has 8 heteroatoms. The van der Waals surface area contributed by atoms with Gasteiger partial charge < -0.3 is 5.73 Å². The van der Waals surface area contributed by atoms with E-state index in [4.69, 9.17) is 5.73 Å². The van der Waals surface area contributed by atoms with Crippen LogP contribution in [0.25, 0.3) is 0 Å². The SMILES string of the molecule is Cc1cc(Br)c(N)cc1S(=O)(=O)Nc1cccc(F)c1F. The zero-order valence-corrected chi connectivity index (χ0v) is 13.2. The van der Waals surface area contributed by atoms with Crippen molar-refractivity contribution >= 4 is 37.3 Å². The van der Waals surface area contributed by atoms with Crippen LogP contribution in [-0.2, 0) is 10.0 Å². The summed E-state index contributed by atoms with van der Waals surface area (Å²) in [6, 6.07) is 6.02. The Labute approximate surface area is 129 Å². The molecule has 2 rings (SSSR count). The van der Waals surface area contributed by atoms with Crippen molar-refractivity contribution in [1.82, 2.24) is 0 Å². The van der Waals surface area contributed by atoms with Crippen molar-refractivity contribution in [2.75, 3.05) is 10.5 Å². The monoisotopic (exact) mass is 376 g/mol. The van der Waals surface area contributed by atoms with Gasteiger partial charge >= 0.3 is 0 Å². The van der Waals surface area contributed by atoms with E-state index in [1.54, 1.807) is 6.92 Å². The number of rotatable bonds is 3. The van der Waals surface area contributed by atoms with E-state index < -0.39 is 27.3 Å². The molecule has 0 radical (unpaired) electrons. The third-order valence-corrected chi connectivity index (χ3v) is 4.97. The highest BCUT2D eigenvalue weighted by atomic mass is 79.9. The molecule has 2 aromatic carbocycles. The van der Waals surface area contributed by atoms with Crippen molar-refractivity contribution in [3.63, 3.8) is 0 Å². The average Bonchev–Trinajstić information content (AvgIpc) is 2.39. The van der Waals surface area contributed by atoms with Crippen molar-refractivity contribution in [1.29, 1.82) is 0 Å². The second-order valence-electron chi connectivity index (χ2n) is 4.35. The number of halogens is 3. The predicted molar refractivity (Wildman–Crippen MR) is 80.5 cm³/mol. The number of nitrogens with two attached hydrogens (primary N) is 1. The van der Waals surface area contributed by atoms with Gasteiger partial charge in [0.1, 0.15) is 0 Å². The highest BCUT2D eigenvalue weighted by Crippen LogP contribution is 2.28. The highest BCUT2D eigenvalue weighted by molar-refractivity contribution is 9.10. The Hall–Kier alpha value is -1.67. The number of nitrogen functional groups attached to an aromatic ring is 1. The van der Waals surface area contributed by atoms with E-state index in [1.165, 1.54) is 18.2 Å². The maximum absolute atomic E-state index is 13.6. The van der Waals surface area contributed by atoms with Crippen LogP contribution in [0.3, 0.4) is 0 Å². The van der Waals surface area contributed by atoms with E-state index >= 15 is 0 Å². The summed E-state index contributed by atoms with van der Waals surface area (Å²) >= 11 is 3.19. The molecule has 0 amide bonds. The molecule has 0 atom stereocenters. The van der Waals surface area contributed by atoms with Crippen molar-refractivity contribution in [2.45, 2.75) is 11.8 Å². The summed E-state index contributed by atoms with van der Waals surface area (Å²) in [5.41, 5.74) is 5.84. The Morgan fingerprint density at radius 2 is 1.90 bits per heavy atom. The van der Waals surface area contributed by atoms with Crippen LogP contribution in [0.4, 0.5) is 20.2 Å². The molecule has 0 spiro atoms. The maximum Gasteiger partial charge on any atom is 0.262 e. The molecule has 0 fully saturated rings. The number of anilines is 2. The van der Waals surface area contributed by atoms with E-state index in [0.29, 0.717) is 10.0 Å². The van der Waals surface area contributed by atoms with Gasteiger partial charge in [-0.1, -0.05) is 6.07 Å². The second-order valence-corrected chi connectivity index (χ2v) is 6.85. The molecule has 0 heterocycles. The first-order chi connectivity index (χ1) is 9.72. The molecule has 0 aliphatic heterocycles. The number of aryl methyl sites for hydroxylation is 1. The fourth-order valence-corrected chi connectivity index (χ4v) is 3.52. The standard InChI is InChI=1S/C13H11BrF2N2O2S/c1-7-5-8(14)10(17)6-12(7)21(19,20)18-11-4-2-3-9(15)13(11)16/h2-6,18H,17H2,1H3.